The van der Waals surface area contributed by atoms with Crippen molar-refractivity contribution in [2.24, 2.45) is 0 Å². The van der Waals surface area contributed by atoms with E-state index in [0.29, 0.717) is 24.7 Å². The Kier molecular flexibility index (Phi) is 7.66. The molecule has 1 rings (SSSR count). The molecule has 1 aromatic rings. The second-order valence-corrected chi connectivity index (χ2v) is 7.23. The molecule has 0 heterocycles. The quantitative estimate of drug-likeness (QED) is 0.755. The number of sulfonamides is 1. The lowest BCUT2D eigenvalue weighted by atomic mass is 10.2. The summed E-state index contributed by atoms with van der Waals surface area (Å²) in [7, 11) is -3.45. The van der Waals surface area contributed by atoms with Gasteiger partial charge >= 0.3 is 0 Å². The third-order valence-corrected chi connectivity index (χ3v) is 5.66. The van der Waals surface area contributed by atoms with Crippen LogP contribution in [0.2, 0.25) is 5.02 Å². The molecule has 0 radical (unpaired) electrons. The van der Waals surface area contributed by atoms with Gasteiger partial charge in [-0.15, -0.1) is 0 Å². The Morgan fingerprint density at radius 1 is 1.24 bits per heavy atom. The van der Waals surface area contributed by atoms with Gasteiger partial charge in [-0.05, 0) is 30.7 Å². The van der Waals surface area contributed by atoms with Crippen molar-refractivity contribution in [3.63, 3.8) is 0 Å². The fourth-order valence-corrected chi connectivity index (χ4v) is 3.85. The molecule has 6 heteroatoms. The average Bonchev–Trinajstić information content (AvgIpc) is 2.46. The van der Waals surface area contributed by atoms with E-state index in [9.17, 15) is 8.42 Å². The molecule has 0 bridgehead atoms. The molecular formula is C15H25ClN2O2S. The summed E-state index contributed by atoms with van der Waals surface area (Å²) < 4.78 is 26.7. The van der Waals surface area contributed by atoms with Crippen LogP contribution in [0.5, 0.6) is 0 Å². The Labute approximate surface area is 133 Å². The van der Waals surface area contributed by atoms with Crippen LogP contribution < -0.4 is 5.32 Å². The number of hydrogen-bond donors (Lipinski definition) is 1. The molecule has 0 saturated carbocycles. The summed E-state index contributed by atoms with van der Waals surface area (Å²) in [4.78, 5) is 0.269. The fourth-order valence-electron chi connectivity index (χ4n) is 2.02. The van der Waals surface area contributed by atoms with Gasteiger partial charge in [0.25, 0.3) is 0 Å². The first-order chi connectivity index (χ1) is 9.97. The van der Waals surface area contributed by atoms with Gasteiger partial charge in [0.1, 0.15) is 0 Å². The topological polar surface area (TPSA) is 49.4 Å². The molecule has 0 aromatic heterocycles. The molecule has 0 saturated heterocycles. The minimum absolute atomic E-state index is 0.269. The Balaban J connectivity index is 3.00. The van der Waals surface area contributed by atoms with E-state index >= 15 is 0 Å². The van der Waals surface area contributed by atoms with Crippen LogP contribution >= 0.6 is 11.6 Å². The average molecular weight is 333 g/mol. The summed E-state index contributed by atoms with van der Waals surface area (Å²) in [6.07, 6.45) is 1.83. The molecule has 0 spiro atoms. The number of unbranched alkanes of at least 4 members (excludes halogenated alkanes) is 1. The predicted molar refractivity (Wildman–Crippen MR) is 88.2 cm³/mol. The number of hydrogen-bond acceptors (Lipinski definition) is 3. The largest absolute Gasteiger partial charge is 0.313 e. The molecule has 0 aliphatic heterocycles. The van der Waals surface area contributed by atoms with Gasteiger partial charge in [0, 0.05) is 24.7 Å². The number of rotatable bonds is 9. The first kappa shape index (κ1) is 18.4. The lowest BCUT2D eigenvalue weighted by molar-refractivity contribution is 0.419. The predicted octanol–water partition coefficient (Wildman–Crippen LogP) is 3.26. The minimum atomic E-state index is -3.45. The molecule has 0 fully saturated rings. The van der Waals surface area contributed by atoms with E-state index in [1.165, 1.54) is 4.31 Å². The van der Waals surface area contributed by atoms with Crippen LogP contribution in [0.1, 0.15) is 39.2 Å². The monoisotopic (exact) mass is 332 g/mol. The number of nitrogens with zero attached hydrogens (tertiary/aromatic N) is 1. The highest BCUT2D eigenvalue weighted by Crippen LogP contribution is 2.23. The molecule has 0 aliphatic rings. The van der Waals surface area contributed by atoms with Gasteiger partial charge in [0.15, 0.2) is 0 Å². The molecule has 21 heavy (non-hydrogen) atoms. The molecule has 0 amide bonds. The Morgan fingerprint density at radius 3 is 2.48 bits per heavy atom. The van der Waals surface area contributed by atoms with E-state index in [1.54, 1.807) is 18.2 Å². The van der Waals surface area contributed by atoms with Gasteiger partial charge in [-0.25, -0.2) is 8.42 Å². The molecular weight excluding hydrogens is 308 g/mol. The van der Waals surface area contributed by atoms with Gasteiger partial charge in [0.2, 0.25) is 10.0 Å². The lowest BCUT2D eigenvalue weighted by Gasteiger charge is -2.20. The third-order valence-electron chi connectivity index (χ3n) is 3.34. The van der Waals surface area contributed by atoms with Crippen LogP contribution in [0.4, 0.5) is 0 Å². The molecule has 0 aliphatic carbocycles. The number of halogens is 1. The number of benzene rings is 1. The Hall–Kier alpha value is -0.620. The van der Waals surface area contributed by atoms with Crippen LogP contribution in [0.25, 0.3) is 0 Å². The highest BCUT2D eigenvalue weighted by Gasteiger charge is 2.23. The van der Waals surface area contributed by atoms with Gasteiger partial charge in [0.05, 0.1) is 4.90 Å². The van der Waals surface area contributed by atoms with Crippen LogP contribution in [0, 0.1) is 0 Å². The minimum Gasteiger partial charge on any atom is -0.313 e. The van der Waals surface area contributed by atoms with E-state index in [-0.39, 0.29) is 4.90 Å². The molecule has 120 valence electrons. The van der Waals surface area contributed by atoms with Gasteiger partial charge in [-0.2, -0.15) is 4.31 Å². The fraction of sp³-hybridized carbons (Fsp3) is 0.600. The van der Waals surface area contributed by atoms with Crippen molar-refractivity contribution >= 4 is 21.6 Å². The normalized spacial score (nSPS) is 12.0. The maximum atomic E-state index is 12.6. The van der Waals surface area contributed by atoms with Crippen LogP contribution in [-0.4, -0.2) is 32.4 Å². The summed E-state index contributed by atoms with van der Waals surface area (Å²) in [6, 6.07) is 4.98. The SMILES string of the molecule is CCCCN(CC)S(=O)(=O)c1ccc(CNCC)c(Cl)c1. The van der Waals surface area contributed by atoms with Crippen molar-refractivity contribution in [1.82, 2.24) is 9.62 Å². The second-order valence-electron chi connectivity index (χ2n) is 4.88. The van der Waals surface area contributed by atoms with Crippen LogP contribution in [0.15, 0.2) is 23.1 Å². The van der Waals surface area contributed by atoms with Crippen molar-refractivity contribution in [2.75, 3.05) is 19.6 Å². The number of nitrogens with one attached hydrogen (secondary N) is 1. The summed E-state index contributed by atoms with van der Waals surface area (Å²) in [5, 5.41) is 3.67. The summed E-state index contributed by atoms with van der Waals surface area (Å²) >= 11 is 6.20. The van der Waals surface area contributed by atoms with Crippen molar-refractivity contribution in [3.8, 4) is 0 Å². The first-order valence-electron chi connectivity index (χ1n) is 7.46. The van der Waals surface area contributed by atoms with E-state index in [1.807, 2.05) is 20.8 Å². The lowest BCUT2D eigenvalue weighted by Crippen LogP contribution is -2.31. The Morgan fingerprint density at radius 2 is 1.95 bits per heavy atom. The highest BCUT2D eigenvalue weighted by atomic mass is 35.5. The second kappa shape index (κ2) is 8.73. The van der Waals surface area contributed by atoms with E-state index < -0.39 is 10.0 Å². The third kappa shape index (κ3) is 4.95. The molecule has 1 N–H and O–H groups in total. The van der Waals surface area contributed by atoms with E-state index in [4.69, 9.17) is 11.6 Å². The van der Waals surface area contributed by atoms with E-state index in [2.05, 4.69) is 5.32 Å². The standard InChI is InChI=1S/C15H25ClN2O2S/c1-4-7-10-18(6-3)21(19,20)14-9-8-13(12-17-5-2)15(16)11-14/h8-9,11,17H,4-7,10,12H2,1-3H3. The zero-order valence-electron chi connectivity index (χ0n) is 13.0. The van der Waals surface area contributed by atoms with E-state index in [0.717, 1.165) is 24.9 Å². The van der Waals surface area contributed by atoms with Crippen molar-refractivity contribution in [1.29, 1.82) is 0 Å². The molecule has 4 nitrogen and oxygen atoms in total. The van der Waals surface area contributed by atoms with Crippen molar-refractivity contribution < 1.29 is 8.42 Å². The Bertz CT molecular complexity index is 547. The van der Waals surface area contributed by atoms with Crippen molar-refractivity contribution in [2.45, 2.75) is 45.1 Å². The zero-order valence-corrected chi connectivity index (χ0v) is 14.6. The van der Waals surface area contributed by atoms with Gasteiger partial charge < -0.3 is 5.32 Å². The van der Waals surface area contributed by atoms with Crippen molar-refractivity contribution in [3.05, 3.63) is 28.8 Å². The maximum absolute atomic E-state index is 12.6. The van der Waals surface area contributed by atoms with Gasteiger partial charge in [-0.3, -0.25) is 0 Å². The summed E-state index contributed by atoms with van der Waals surface area (Å²) in [5.74, 6) is 0. The maximum Gasteiger partial charge on any atom is 0.243 e. The summed E-state index contributed by atoms with van der Waals surface area (Å²) in [6.45, 7) is 8.42. The molecule has 0 atom stereocenters. The zero-order chi connectivity index (χ0) is 15.9. The summed E-state index contributed by atoms with van der Waals surface area (Å²) in [5.41, 5.74) is 0.911. The molecule has 1 aromatic carbocycles. The highest BCUT2D eigenvalue weighted by molar-refractivity contribution is 7.89. The molecule has 0 unspecified atom stereocenters. The van der Waals surface area contributed by atoms with Crippen LogP contribution in [-0.2, 0) is 16.6 Å². The first-order valence-corrected chi connectivity index (χ1v) is 9.28. The smallest absolute Gasteiger partial charge is 0.243 e. The van der Waals surface area contributed by atoms with Gasteiger partial charge in [-0.1, -0.05) is 44.9 Å². The van der Waals surface area contributed by atoms with Crippen LogP contribution in [0.3, 0.4) is 0 Å².